The number of rotatable bonds is 7. The van der Waals surface area contributed by atoms with Gasteiger partial charge in [0.1, 0.15) is 11.4 Å². The van der Waals surface area contributed by atoms with Gasteiger partial charge in [0, 0.05) is 12.6 Å². The second kappa shape index (κ2) is 6.61. The van der Waals surface area contributed by atoms with Gasteiger partial charge >= 0.3 is 0 Å². The molecule has 2 aromatic rings. The zero-order chi connectivity index (χ0) is 17.1. The molecular formula is C15H19NO6S. The molecule has 1 aromatic heterocycles. The maximum absolute atomic E-state index is 12.4. The molecule has 0 bridgehead atoms. The van der Waals surface area contributed by atoms with Crippen molar-refractivity contribution in [2.24, 2.45) is 0 Å². The van der Waals surface area contributed by atoms with Crippen LogP contribution in [0, 0.1) is 0 Å². The van der Waals surface area contributed by atoms with E-state index in [1.54, 1.807) is 12.1 Å². The van der Waals surface area contributed by atoms with Crippen LogP contribution in [0.1, 0.15) is 12.7 Å². The Labute approximate surface area is 134 Å². The minimum absolute atomic E-state index is 0.00500. The van der Waals surface area contributed by atoms with Crippen molar-refractivity contribution in [3.63, 3.8) is 0 Å². The van der Waals surface area contributed by atoms with Gasteiger partial charge in [-0.1, -0.05) is 0 Å². The summed E-state index contributed by atoms with van der Waals surface area (Å²) in [7, 11) is -0.946. The second-order valence-electron chi connectivity index (χ2n) is 5.09. The van der Waals surface area contributed by atoms with Crippen molar-refractivity contribution < 1.29 is 27.4 Å². The zero-order valence-electron chi connectivity index (χ0n) is 13.1. The first kappa shape index (κ1) is 17.3. The van der Waals surface area contributed by atoms with E-state index >= 15 is 0 Å². The minimum atomic E-state index is -3.83. The molecule has 1 aromatic carbocycles. The summed E-state index contributed by atoms with van der Waals surface area (Å²) in [5.74, 6) is 0.995. The molecule has 1 atom stereocenters. The van der Waals surface area contributed by atoms with Gasteiger partial charge in [-0.3, -0.25) is 0 Å². The van der Waals surface area contributed by atoms with Gasteiger partial charge in [0.05, 0.1) is 25.4 Å². The fourth-order valence-corrected chi connectivity index (χ4v) is 3.12. The predicted molar refractivity (Wildman–Crippen MR) is 83.0 cm³/mol. The van der Waals surface area contributed by atoms with Crippen molar-refractivity contribution in [2.75, 3.05) is 20.8 Å². The molecule has 2 N–H and O–H groups in total. The normalized spacial score (nSPS) is 14.3. The molecule has 0 fully saturated rings. The summed E-state index contributed by atoms with van der Waals surface area (Å²) < 4.78 is 42.4. The van der Waals surface area contributed by atoms with E-state index in [0.29, 0.717) is 11.5 Å². The molecule has 0 amide bonds. The first-order valence-corrected chi connectivity index (χ1v) is 8.26. The standard InChI is InChI=1S/C15H19NO6S/c1-15(17,14-5-4-8-22-14)10-16-23(18,19)11-6-7-12(20-2)13(9-11)21-3/h4-9,16-17H,10H2,1-3H3. The van der Waals surface area contributed by atoms with Gasteiger partial charge in [0.2, 0.25) is 10.0 Å². The Morgan fingerprint density at radius 3 is 2.48 bits per heavy atom. The van der Waals surface area contributed by atoms with Crippen LogP contribution in [0.15, 0.2) is 45.9 Å². The lowest BCUT2D eigenvalue weighted by atomic mass is 10.1. The van der Waals surface area contributed by atoms with Gasteiger partial charge in [0.25, 0.3) is 0 Å². The molecule has 1 heterocycles. The first-order valence-electron chi connectivity index (χ1n) is 6.78. The first-order chi connectivity index (χ1) is 10.8. The number of furan rings is 1. The van der Waals surface area contributed by atoms with Crippen LogP contribution in [0.3, 0.4) is 0 Å². The Kier molecular flexibility index (Phi) is 4.98. The molecule has 0 saturated heterocycles. The van der Waals surface area contributed by atoms with E-state index in [4.69, 9.17) is 13.9 Å². The molecule has 1 unspecified atom stereocenters. The van der Waals surface area contributed by atoms with Crippen LogP contribution in [0.25, 0.3) is 0 Å². The molecule has 0 aliphatic carbocycles. The fraction of sp³-hybridized carbons (Fsp3) is 0.333. The molecule has 0 spiro atoms. The van der Waals surface area contributed by atoms with Crippen molar-refractivity contribution in [3.05, 3.63) is 42.4 Å². The summed E-state index contributed by atoms with van der Waals surface area (Å²) >= 11 is 0. The lowest BCUT2D eigenvalue weighted by Crippen LogP contribution is -2.38. The summed E-state index contributed by atoms with van der Waals surface area (Å²) in [4.78, 5) is 0.00500. The Morgan fingerprint density at radius 1 is 1.22 bits per heavy atom. The number of methoxy groups -OCH3 is 2. The van der Waals surface area contributed by atoms with E-state index < -0.39 is 15.6 Å². The van der Waals surface area contributed by atoms with Gasteiger partial charge in [0.15, 0.2) is 11.5 Å². The highest BCUT2D eigenvalue weighted by molar-refractivity contribution is 7.89. The third-order valence-corrected chi connectivity index (χ3v) is 4.72. The summed E-state index contributed by atoms with van der Waals surface area (Å²) in [6.07, 6.45) is 1.41. The Bertz CT molecular complexity index is 752. The van der Waals surface area contributed by atoms with E-state index in [1.165, 1.54) is 45.6 Å². The number of aliphatic hydroxyl groups is 1. The average molecular weight is 341 g/mol. The number of sulfonamides is 1. The fourth-order valence-electron chi connectivity index (χ4n) is 1.97. The van der Waals surface area contributed by atoms with Gasteiger partial charge in [-0.15, -0.1) is 0 Å². The molecule has 7 nitrogen and oxygen atoms in total. The number of hydrogen-bond acceptors (Lipinski definition) is 6. The molecule has 126 valence electrons. The van der Waals surface area contributed by atoms with Crippen molar-refractivity contribution in [1.29, 1.82) is 0 Å². The van der Waals surface area contributed by atoms with Crippen molar-refractivity contribution in [1.82, 2.24) is 4.72 Å². The van der Waals surface area contributed by atoms with Crippen LogP contribution >= 0.6 is 0 Å². The molecule has 0 aliphatic heterocycles. The lowest BCUT2D eigenvalue weighted by Gasteiger charge is -2.21. The molecule has 8 heteroatoms. The summed E-state index contributed by atoms with van der Waals surface area (Å²) in [5.41, 5.74) is -1.47. The van der Waals surface area contributed by atoms with Crippen molar-refractivity contribution in [2.45, 2.75) is 17.4 Å². The Balaban J connectivity index is 2.19. The summed E-state index contributed by atoms with van der Waals surface area (Å²) in [5, 5.41) is 10.3. The minimum Gasteiger partial charge on any atom is -0.493 e. The van der Waals surface area contributed by atoms with Crippen molar-refractivity contribution >= 4 is 10.0 Å². The molecule has 2 rings (SSSR count). The quantitative estimate of drug-likeness (QED) is 0.792. The molecule has 0 saturated carbocycles. The highest BCUT2D eigenvalue weighted by Gasteiger charge is 2.29. The van der Waals surface area contributed by atoms with Crippen LogP contribution in [0.2, 0.25) is 0 Å². The third-order valence-electron chi connectivity index (χ3n) is 3.32. The molecule has 0 radical (unpaired) electrons. The lowest BCUT2D eigenvalue weighted by molar-refractivity contribution is 0.0395. The van der Waals surface area contributed by atoms with E-state index in [1.807, 2.05) is 0 Å². The van der Waals surface area contributed by atoms with Gasteiger partial charge in [-0.25, -0.2) is 13.1 Å². The van der Waals surface area contributed by atoms with Crippen LogP contribution in [-0.4, -0.2) is 34.3 Å². The number of nitrogens with one attached hydrogen (secondary N) is 1. The monoisotopic (exact) mass is 341 g/mol. The van der Waals surface area contributed by atoms with Crippen LogP contribution in [-0.2, 0) is 15.6 Å². The van der Waals surface area contributed by atoms with Crippen LogP contribution < -0.4 is 14.2 Å². The SMILES string of the molecule is COc1ccc(S(=O)(=O)NCC(C)(O)c2ccco2)cc1OC. The van der Waals surface area contributed by atoms with Crippen LogP contribution in [0.5, 0.6) is 11.5 Å². The summed E-state index contributed by atoms with van der Waals surface area (Å²) in [6, 6.07) is 7.43. The van der Waals surface area contributed by atoms with Gasteiger partial charge in [-0.05, 0) is 31.2 Å². The van der Waals surface area contributed by atoms with E-state index in [0.717, 1.165) is 0 Å². The predicted octanol–water partition coefficient (Wildman–Crippen LogP) is 1.48. The average Bonchev–Trinajstić information content (AvgIpc) is 3.08. The Hall–Kier alpha value is -2.03. The van der Waals surface area contributed by atoms with E-state index in [9.17, 15) is 13.5 Å². The molecular weight excluding hydrogens is 322 g/mol. The molecule has 23 heavy (non-hydrogen) atoms. The van der Waals surface area contributed by atoms with E-state index in [-0.39, 0.29) is 17.2 Å². The largest absolute Gasteiger partial charge is 0.493 e. The van der Waals surface area contributed by atoms with Gasteiger partial charge < -0.3 is 19.0 Å². The number of ether oxygens (including phenoxy) is 2. The highest BCUT2D eigenvalue weighted by atomic mass is 32.2. The maximum Gasteiger partial charge on any atom is 0.240 e. The molecule has 0 aliphatic rings. The number of hydrogen-bond donors (Lipinski definition) is 2. The van der Waals surface area contributed by atoms with Gasteiger partial charge in [-0.2, -0.15) is 0 Å². The van der Waals surface area contributed by atoms with Crippen molar-refractivity contribution in [3.8, 4) is 11.5 Å². The third kappa shape index (κ3) is 3.84. The maximum atomic E-state index is 12.4. The Morgan fingerprint density at radius 2 is 1.91 bits per heavy atom. The second-order valence-corrected chi connectivity index (χ2v) is 6.86. The highest BCUT2D eigenvalue weighted by Crippen LogP contribution is 2.29. The van der Waals surface area contributed by atoms with E-state index in [2.05, 4.69) is 4.72 Å². The number of benzene rings is 1. The topological polar surface area (TPSA) is 98.0 Å². The smallest absolute Gasteiger partial charge is 0.240 e. The van der Waals surface area contributed by atoms with Crippen LogP contribution in [0.4, 0.5) is 0 Å². The zero-order valence-corrected chi connectivity index (χ0v) is 13.9. The summed E-state index contributed by atoms with van der Waals surface area (Å²) in [6.45, 7) is 1.22.